The minimum absolute atomic E-state index is 0.00447. The zero-order valence-corrected chi connectivity index (χ0v) is 19.0. The van der Waals surface area contributed by atoms with Gasteiger partial charge in [-0.3, -0.25) is 9.59 Å². The molecule has 0 radical (unpaired) electrons. The Hall–Kier alpha value is -2.99. The molecule has 0 aliphatic rings. The fraction of sp³-hybridized carbons (Fsp3) is 0.320. The topological polar surface area (TPSA) is 62.3 Å². The summed E-state index contributed by atoms with van der Waals surface area (Å²) in [6, 6.07) is 17.6. The fourth-order valence-corrected chi connectivity index (χ4v) is 4.04. The summed E-state index contributed by atoms with van der Waals surface area (Å²) in [6.45, 7) is 4.69. The number of unbranched alkanes of at least 4 members (excludes halogenated alkanes) is 1. The van der Waals surface area contributed by atoms with E-state index >= 15 is 0 Å². The maximum absolute atomic E-state index is 13.0. The van der Waals surface area contributed by atoms with E-state index in [4.69, 9.17) is 0 Å². The fourth-order valence-electron chi connectivity index (χ4n) is 3.30. The average Bonchev–Trinajstić information content (AvgIpc) is 3.26. The summed E-state index contributed by atoms with van der Waals surface area (Å²) < 4.78 is 0. The van der Waals surface area contributed by atoms with Crippen LogP contribution in [0.3, 0.4) is 0 Å². The van der Waals surface area contributed by atoms with E-state index in [2.05, 4.69) is 17.2 Å². The van der Waals surface area contributed by atoms with Gasteiger partial charge in [0, 0.05) is 23.1 Å². The third-order valence-electron chi connectivity index (χ3n) is 4.96. The van der Waals surface area contributed by atoms with Gasteiger partial charge in [0.15, 0.2) is 5.13 Å². The van der Waals surface area contributed by atoms with Crippen LogP contribution >= 0.6 is 11.3 Å². The normalized spacial score (nSPS) is 10.6. The summed E-state index contributed by atoms with van der Waals surface area (Å²) in [5, 5.41) is 5.29. The van der Waals surface area contributed by atoms with Gasteiger partial charge in [0.1, 0.15) is 6.54 Å². The van der Waals surface area contributed by atoms with Crippen molar-refractivity contribution >= 4 is 28.3 Å². The minimum atomic E-state index is -0.240. The highest BCUT2D eigenvalue weighted by molar-refractivity contribution is 7.14. The molecule has 6 heteroatoms. The van der Waals surface area contributed by atoms with E-state index in [1.807, 2.05) is 66.9 Å². The number of anilines is 1. The lowest BCUT2D eigenvalue weighted by molar-refractivity contribution is -0.116. The highest BCUT2D eigenvalue weighted by atomic mass is 32.1. The number of aryl methyl sites for hydroxylation is 1. The number of hydrogen-bond acceptors (Lipinski definition) is 4. The molecule has 0 saturated heterocycles. The van der Waals surface area contributed by atoms with Crippen LogP contribution in [0.25, 0.3) is 11.3 Å². The van der Waals surface area contributed by atoms with Crippen LogP contribution in [0.4, 0.5) is 5.13 Å². The molecule has 0 aliphatic carbocycles. The molecule has 31 heavy (non-hydrogen) atoms. The Kier molecular flexibility index (Phi) is 8.35. The van der Waals surface area contributed by atoms with Gasteiger partial charge in [-0.2, -0.15) is 0 Å². The van der Waals surface area contributed by atoms with Gasteiger partial charge in [-0.05, 0) is 37.0 Å². The first kappa shape index (κ1) is 22.7. The molecule has 3 aromatic rings. The highest BCUT2D eigenvalue weighted by Crippen LogP contribution is 2.24. The van der Waals surface area contributed by atoms with E-state index in [1.54, 1.807) is 4.90 Å². The van der Waals surface area contributed by atoms with Gasteiger partial charge in [-0.1, -0.05) is 62.7 Å². The van der Waals surface area contributed by atoms with Crippen LogP contribution in [-0.2, 0) is 11.2 Å². The van der Waals surface area contributed by atoms with Crippen LogP contribution in [0.2, 0.25) is 0 Å². The molecule has 1 aromatic heterocycles. The van der Waals surface area contributed by atoms with Crippen molar-refractivity contribution < 1.29 is 9.59 Å². The summed E-state index contributed by atoms with van der Waals surface area (Å²) in [5.41, 5.74) is 3.67. The van der Waals surface area contributed by atoms with Crippen LogP contribution in [0, 0.1) is 0 Å². The summed E-state index contributed by atoms with van der Waals surface area (Å²) in [6.07, 6.45) is 4.08. The van der Waals surface area contributed by atoms with Crippen LogP contribution in [0.15, 0.2) is 60.0 Å². The quantitative estimate of drug-likeness (QED) is 0.448. The lowest BCUT2D eigenvalue weighted by Gasteiger charge is -2.21. The second-order valence-corrected chi connectivity index (χ2v) is 8.34. The number of amides is 2. The van der Waals surface area contributed by atoms with Crippen molar-refractivity contribution in [3.63, 3.8) is 0 Å². The molecule has 0 unspecified atom stereocenters. The van der Waals surface area contributed by atoms with Gasteiger partial charge >= 0.3 is 0 Å². The standard InChI is InChI=1S/C25H29N3O2S/c1-3-5-9-19-12-14-21(15-13-19)24(30)28(16-4-2)17-23(29)27-25-26-22(18-31-25)20-10-7-6-8-11-20/h6-8,10-15,18H,3-5,9,16-17H2,1-2H3,(H,26,27,29). The average molecular weight is 436 g/mol. The number of hydrogen-bond donors (Lipinski definition) is 1. The number of benzene rings is 2. The molecular weight excluding hydrogens is 406 g/mol. The SMILES string of the molecule is CCCCc1ccc(C(=O)N(CCC)CC(=O)Nc2nc(-c3ccccc3)cs2)cc1. The Balaban J connectivity index is 1.62. The maximum Gasteiger partial charge on any atom is 0.254 e. The number of rotatable bonds is 10. The van der Waals surface area contributed by atoms with Crippen LogP contribution < -0.4 is 5.32 Å². The van der Waals surface area contributed by atoms with Crippen LogP contribution in [-0.4, -0.2) is 34.8 Å². The van der Waals surface area contributed by atoms with Gasteiger partial charge in [0.2, 0.25) is 5.91 Å². The van der Waals surface area contributed by atoms with E-state index < -0.39 is 0 Å². The second kappa shape index (κ2) is 11.4. The van der Waals surface area contributed by atoms with Gasteiger partial charge in [-0.15, -0.1) is 11.3 Å². The molecule has 1 N–H and O–H groups in total. The second-order valence-electron chi connectivity index (χ2n) is 7.48. The first-order valence-corrected chi connectivity index (χ1v) is 11.7. The number of nitrogens with one attached hydrogen (secondary N) is 1. The molecule has 1 heterocycles. The zero-order chi connectivity index (χ0) is 22.1. The van der Waals surface area contributed by atoms with Crippen LogP contribution in [0.1, 0.15) is 49.0 Å². The van der Waals surface area contributed by atoms with E-state index in [0.717, 1.165) is 36.9 Å². The lowest BCUT2D eigenvalue weighted by Crippen LogP contribution is -2.38. The largest absolute Gasteiger partial charge is 0.329 e. The van der Waals surface area contributed by atoms with Crippen molar-refractivity contribution in [1.29, 1.82) is 0 Å². The van der Waals surface area contributed by atoms with Crippen molar-refractivity contribution in [2.45, 2.75) is 39.5 Å². The third-order valence-corrected chi connectivity index (χ3v) is 5.71. The van der Waals surface area contributed by atoms with E-state index in [9.17, 15) is 9.59 Å². The number of aromatic nitrogens is 1. The number of thiazole rings is 1. The predicted molar refractivity (Wildman–Crippen MR) is 127 cm³/mol. The molecule has 2 amide bonds. The number of carbonyl (C=O) groups excluding carboxylic acids is 2. The summed E-state index contributed by atoms with van der Waals surface area (Å²) >= 11 is 1.38. The van der Waals surface area contributed by atoms with Gasteiger partial charge in [-0.25, -0.2) is 4.98 Å². The van der Waals surface area contributed by atoms with E-state index in [1.165, 1.54) is 16.9 Å². The number of carbonyl (C=O) groups is 2. The molecular formula is C25H29N3O2S. The van der Waals surface area contributed by atoms with Crippen molar-refractivity contribution in [3.8, 4) is 11.3 Å². The van der Waals surface area contributed by atoms with Crippen molar-refractivity contribution in [3.05, 3.63) is 71.1 Å². The molecule has 5 nitrogen and oxygen atoms in total. The Labute approximate surface area is 188 Å². The molecule has 0 bridgehead atoms. The third kappa shape index (κ3) is 6.49. The van der Waals surface area contributed by atoms with Gasteiger partial charge in [0.25, 0.3) is 5.91 Å². The Morgan fingerprint density at radius 2 is 1.74 bits per heavy atom. The molecule has 162 valence electrons. The lowest BCUT2D eigenvalue weighted by atomic mass is 10.1. The molecule has 2 aromatic carbocycles. The summed E-state index contributed by atoms with van der Waals surface area (Å²) in [5.74, 6) is -0.363. The Bertz CT molecular complexity index is 984. The van der Waals surface area contributed by atoms with E-state index in [-0.39, 0.29) is 18.4 Å². The molecule has 0 atom stereocenters. The minimum Gasteiger partial charge on any atom is -0.329 e. The molecule has 0 fully saturated rings. The maximum atomic E-state index is 13.0. The zero-order valence-electron chi connectivity index (χ0n) is 18.1. The molecule has 0 aliphatic heterocycles. The smallest absolute Gasteiger partial charge is 0.254 e. The van der Waals surface area contributed by atoms with Crippen molar-refractivity contribution in [1.82, 2.24) is 9.88 Å². The van der Waals surface area contributed by atoms with Crippen molar-refractivity contribution in [2.24, 2.45) is 0 Å². The van der Waals surface area contributed by atoms with E-state index in [0.29, 0.717) is 17.2 Å². The predicted octanol–water partition coefficient (Wildman–Crippen LogP) is 5.64. The number of nitrogens with zero attached hydrogens (tertiary/aromatic N) is 2. The first-order valence-electron chi connectivity index (χ1n) is 10.8. The monoisotopic (exact) mass is 435 g/mol. The van der Waals surface area contributed by atoms with Crippen LogP contribution in [0.5, 0.6) is 0 Å². The van der Waals surface area contributed by atoms with Crippen molar-refractivity contribution in [2.75, 3.05) is 18.4 Å². The first-order chi connectivity index (χ1) is 15.1. The van der Waals surface area contributed by atoms with Gasteiger partial charge < -0.3 is 10.2 Å². The Morgan fingerprint density at radius 1 is 1.00 bits per heavy atom. The summed E-state index contributed by atoms with van der Waals surface area (Å²) in [4.78, 5) is 31.7. The molecule has 3 rings (SSSR count). The summed E-state index contributed by atoms with van der Waals surface area (Å²) in [7, 11) is 0. The molecule has 0 saturated carbocycles. The van der Waals surface area contributed by atoms with Gasteiger partial charge in [0.05, 0.1) is 5.69 Å². The Morgan fingerprint density at radius 3 is 2.42 bits per heavy atom. The highest BCUT2D eigenvalue weighted by Gasteiger charge is 2.19. The molecule has 0 spiro atoms.